The highest BCUT2D eigenvalue weighted by Crippen LogP contribution is 2.79. The van der Waals surface area contributed by atoms with Crippen LogP contribution in [0.25, 0.3) is 0 Å². The van der Waals surface area contributed by atoms with Gasteiger partial charge in [-0.3, -0.25) is 4.90 Å². The average Bonchev–Trinajstić information content (AvgIpc) is 3.19. The molecule has 182 valence electrons. The van der Waals surface area contributed by atoms with E-state index in [0.29, 0.717) is 19.4 Å². The zero-order valence-corrected chi connectivity index (χ0v) is 19.6. The summed E-state index contributed by atoms with van der Waals surface area (Å²) in [6.07, 6.45) is -1.22. The Bertz CT molecular complexity index is 783. The minimum Gasteiger partial charge on any atom is -0.392 e. The van der Waals surface area contributed by atoms with Crippen LogP contribution in [0, 0.1) is 40.4 Å². The molecule has 4 N–H and O–H groups in total. The maximum atomic E-state index is 12.5. The number of piperidine rings is 1. The number of nitrogens with zero attached hydrogens (tertiary/aromatic N) is 1. The van der Waals surface area contributed by atoms with E-state index >= 15 is 0 Å². The average molecular weight is 454 g/mol. The molecule has 5 aliphatic carbocycles. The van der Waals surface area contributed by atoms with Crippen LogP contribution < -0.4 is 0 Å². The third kappa shape index (κ3) is 2.07. The molecule has 32 heavy (non-hydrogen) atoms. The normalized spacial score (nSPS) is 62.4. The fraction of sp³-hybridized carbons (Fsp3) is 1.00. The van der Waals surface area contributed by atoms with Crippen molar-refractivity contribution in [2.45, 2.75) is 68.3 Å². The van der Waals surface area contributed by atoms with Gasteiger partial charge in [-0.1, -0.05) is 6.92 Å². The van der Waals surface area contributed by atoms with Crippen molar-refractivity contribution in [3.63, 3.8) is 0 Å². The molecule has 8 heteroatoms. The lowest BCUT2D eigenvalue weighted by Crippen LogP contribution is -2.78. The van der Waals surface area contributed by atoms with Crippen LogP contribution >= 0.6 is 0 Å². The second kappa shape index (κ2) is 6.88. The molecule has 0 aromatic carbocycles. The molecular formula is C24H39NO7. The van der Waals surface area contributed by atoms with E-state index in [0.717, 1.165) is 19.5 Å². The Morgan fingerprint density at radius 1 is 1.03 bits per heavy atom. The van der Waals surface area contributed by atoms with E-state index in [1.165, 1.54) is 0 Å². The first-order valence-corrected chi connectivity index (χ1v) is 12.3. The molecule has 1 saturated heterocycles. The molecule has 0 amide bonds. The van der Waals surface area contributed by atoms with Crippen LogP contribution in [-0.2, 0) is 14.2 Å². The lowest BCUT2D eigenvalue weighted by atomic mass is 9.43. The van der Waals surface area contributed by atoms with Crippen molar-refractivity contribution in [1.29, 1.82) is 0 Å². The zero-order valence-electron chi connectivity index (χ0n) is 19.6. The second-order valence-corrected chi connectivity index (χ2v) is 11.6. The van der Waals surface area contributed by atoms with Gasteiger partial charge in [0.2, 0.25) is 0 Å². The Balaban J connectivity index is 1.64. The summed E-state index contributed by atoms with van der Waals surface area (Å²) in [5.41, 5.74) is -2.24. The molecule has 1 aliphatic heterocycles. The summed E-state index contributed by atoms with van der Waals surface area (Å²) >= 11 is 0. The summed E-state index contributed by atoms with van der Waals surface area (Å²) in [4.78, 5) is 2.42. The fourth-order valence-corrected chi connectivity index (χ4v) is 10.7. The van der Waals surface area contributed by atoms with Gasteiger partial charge >= 0.3 is 0 Å². The molecule has 6 rings (SSSR count). The van der Waals surface area contributed by atoms with E-state index in [-0.39, 0.29) is 35.3 Å². The van der Waals surface area contributed by atoms with Gasteiger partial charge in [0.25, 0.3) is 0 Å². The molecule has 8 nitrogen and oxygen atoms in total. The van der Waals surface area contributed by atoms with Crippen molar-refractivity contribution >= 4 is 0 Å². The topological polar surface area (TPSA) is 112 Å². The Labute approximate surface area is 189 Å². The van der Waals surface area contributed by atoms with Gasteiger partial charge in [-0.2, -0.15) is 0 Å². The van der Waals surface area contributed by atoms with Crippen LogP contribution in [-0.4, -0.2) is 109 Å². The number of methoxy groups -OCH3 is 3. The second-order valence-electron chi connectivity index (χ2n) is 11.6. The number of rotatable bonds is 5. The largest absolute Gasteiger partial charge is 0.392 e. The summed E-state index contributed by atoms with van der Waals surface area (Å²) in [7, 11) is 4.98. The maximum Gasteiger partial charge on any atom is 0.110 e. The molecule has 0 aromatic rings. The molecule has 2 unspecified atom stereocenters. The number of aliphatic hydroxyl groups is 4. The van der Waals surface area contributed by atoms with Crippen molar-refractivity contribution in [2.75, 3.05) is 41.0 Å². The van der Waals surface area contributed by atoms with Crippen LogP contribution in [0.5, 0.6) is 0 Å². The third-order valence-electron chi connectivity index (χ3n) is 11.2. The maximum absolute atomic E-state index is 12.5. The van der Waals surface area contributed by atoms with Crippen LogP contribution in [0.1, 0.15) is 26.2 Å². The Morgan fingerprint density at radius 3 is 2.38 bits per heavy atom. The molecular weight excluding hydrogens is 414 g/mol. The number of hydrogen-bond acceptors (Lipinski definition) is 8. The van der Waals surface area contributed by atoms with E-state index in [2.05, 4.69) is 11.8 Å². The fourth-order valence-electron chi connectivity index (χ4n) is 10.7. The lowest BCUT2D eigenvalue weighted by molar-refractivity contribution is -0.297. The number of likely N-dealkylation sites (tertiary alicyclic amines) is 1. The van der Waals surface area contributed by atoms with Gasteiger partial charge in [0.05, 0.1) is 31.0 Å². The van der Waals surface area contributed by atoms with Gasteiger partial charge in [0.15, 0.2) is 0 Å². The Kier molecular flexibility index (Phi) is 4.76. The van der Waals surface area contributed by atoms with Gasteiger partial charge in [-0.15, -0.1) is 0 Å². The summed E-state index contributed by atoms with van der Waals surface area (Å²) in [6, 6.07) is -0.120. The summed E-state index contributed by atoms with van der Waals surface area (Å²) in [6.45, 7) is 4.33. The van der Waals surface area contributed by atoms with E-state index in [9.17, 15) is 20.4 Å². The first-order valence-electron chi connectivity index (χ1n) is 12.3. The van der Waals surface area contributed by atoms with E-state index in [1.807, 2.05) is 0 Å². The molecule has 1 spiro atoms. The quantitative estimate of drug-likeness (QED) is 0.440. The van der Waals surface area contributed by atoms with E-state index in [1.54, 1.807) is 21.3 Å². The number of ether oxygens (including phenoxy) is 3. The molecule has 5 saturated carbocycles. The highest BCUT2D eigenvalue weighted by atomic mass is 16.5. The predicted molar refractivity (Wildman–Crippen MR) is 114 cm³/mol. The molecule has 0 aromatic heterocycles. The SMILES string of the molecule is CCN1C[C@]2(COC)CC[C@H](O)[C@@]34[C@@H]5CC6[C@@H](OC)[C@H](O)[C@](O)(C([C@H](OC)[C@H]23)[C@@H]14)[C@H]5[C@H]6O. The predicted octanol–water partition coefficient (Wildman–Crippen LogP) is -0.527. The van der Waals surface area contributed by atoms with Crippen molar-refractivity contribution in [3.8, 4) is 0 Å². The highest BCUT2D eigenvalue weighted by molar-refractivity contribution is 5.36. The number of hydrogen-bond donors (Lipinski definition) is 4. The Morgan fingerprint density at radius 2 is 1.75 bits per heavy atom. The van der Waals surface area contributed by atoms with Crippen molar-refractivity contribution in [1.82, 2.24) is 4.90 Å². The number of aliphatic hydroxyl groups excluding tert-OH is 3. The Hall–Kier alpha value is -0.320. The van der Waals surface area contributed by atoms with Crippen molar-refractivity contribution in [2.24, 2.45) is 40.4 Å². The first-order chi connectivity index (χ1) is 15.3. The van der Waals surface area contributed by atoms with Crippen molar-refractivity contribution in [3.05, 3.63) is 0 Å². The first kappa shape index (κ1) is 22.2. The summed E-state index contributed by atoms with van der Waals surface area (Å²) in [5.74, 6) is -1.29. The van der Waals surface area contributed by atoms with E-state index in [4.69, 9.17) is 14.2 Å². The van der Waals surface area contributed by atoms with Crippen LogP contribution in [0.15, 0.2) is 0 Å². The summed E-state index contributed by atoms with van der Waals surface area (Å²) in [5, 5.41) is 47.3. The molecule has 6 aliphatic rings. The summed E-state index contributed by atoms with van der Waals surface area (Å²) < 4.78 is 17.7. The van der Waals surface area contributed by atoms with Gasteiger partial charge in [-0.25, -0.2) is 0 Å². The lowest BCUT2D eigenvalue weighted by Gasteiger charge is -2.69. The van der Waals surface area contributed by atoms with Gasteiger partial charge in [0.1, 0.15) is 11.7 Å². The van der Waals surface area contributed by atoms with Crippen LogP contribution in [0.2, 0.25) is 0 Å². The molecule has 7 bridgehead atoms. The molecule has 1 heterocycles. The van der Waals surface area contributed by atoms with Crippen LogP contribution in [0.3, 0.4) is 0 Å². The molecule has 6 fully saturated rings. The van der Waals surface area contributed by atoms with Gasteiger partial charge in [-0.05, 0) is 31.7 Å². The van der Waals surface area contributed by atoms with E-state index < -0.39 is 47.3 Å². The number of fused-ring (bicyclic) bond motifs is 2. The van der Waals surface area contributed by atoms with Gasteiger partial charge < -0.3 is 34.6 Å². The smallest absolute Gasteiger partial charge is 0.110 e. The molecule has 0 radical (unpaired) electrons. The molecule has 14 atom stereocenters. The standard InChI is InChI=1S/C24H39NO7/c1-5-25-9-22(10-30-2)7-6-13(26)23-12-8-11-16(27)14(12)24(29,21(28)17(11)31-3)15(20(23)25)18(32-4)19(22)23/h11-21,26-29H,5-10H2,1-4H3/t11?,12-,13+,14-,15?,16+,17-,18+,19-,20-,21+,22+,23+,24-/m1/s1. The monoisotopic (exact) mass is 453 g/mol. The van der Waals surface area contributed by atoms with Gasteiger partial charge in [0, 0.05) is 68.4 Å². The highest BCUT2D eigenvalue weighted by Gasteiger charge is 2.87. The van der Waals surface area contributed by atoms with Crippen molar-refractivity contribution < 1.29 is 34.6 Å². The third-order valence-corrected chi connectivity index (χ3v) is 11.2. The minimum absolute atomic E-state index is 0.000250. The zero-order chi connectivity index (χ0) is 22.8. The van der Waals surface area contributed by atoms with Crippen LogP contribution in [0.4, 0.5) is 0 Å². The minimum atomic E-state index is -1.54.